The van der Waals surface area contributed by atoms with Crippen LogP contribution in [0.25, 0.3) is 5.82 Å². The van der Waals surface area contributed by atoms with E-state index in [1.807, 2.05) is 0 Å². The van der Waals surface area contributed by atoms with E-state index in [1.165, 1.54) is 29.2 Å². The lowest BCUT2D eigenvalue weighted by molar-refractivity contribution is 0.465. The average molecular weight is 460 g/mol. The van der Waals surface area contributed by atoms with Gasteiger partial charge in [0.15, 0.2) is 11.0 Å². The van der Waals surface area contributed by atoms with E-state index in [4.69, 9.17) is 15.8 Å². The van der Waals surface area contributed by atoms with Gasteiger partial charge in [-0.15, -0.1) is 10.2 Å². The molecule has 0 N–H and O–H groups in total. The molecule has 0 radical (unpaired) electrons. The number of aryl methyl sites for hydroxylation is 1. The molecule has 0 aliphatic carbocycles. The zero-order chi connectivity index (χ0) is 21.6. The van der Waals surface area contributed by atoms with E-state index in [0.29, 0.717) is 16.8 Å². The first kappa shape index (κ1) is 21.3. The van der Waals surface area contributed by atoms with Crippen LogP contribution in [-0.2, 0) is 20.1 Å². The van der Waals surface area contributed by atoms with E-state index in [9.17, 15) is 16.8 Å². The summed E-state index contributed by atoms with van der Waals surface area (Å²) >= 11 is 5.77. The molecule has 0 amide bonds. The Balaban J connectivity index is 2.17. The van der Waals surface area contributed by atoms with Crippen LogP contribution in [0.2, 0.25) is 5.15 Å². The summed E-state index contributed by atoms with van der Waals surface area (Å²) in [7, 11) is -7.36. The van der Waals surface area contributed by atoms with E-state index in [-0.39, 0.29) is 16.9 Å². The average Bonchev–Trinajstić information content (AvgIpc) is 2.89. The van der Waals surface area contributed by atoms with Crippen molar-refractivity contribution in [3.8, 4) is 11.7 Å². The molecule has 10 nitrogen and oxygen atoms in total. The first-order valence-corrected chi connectivity index (χ1v) is 12.2. The molecule has 0 bridgehead atoms. The summed E-state index contributed by atoms with van der Waals surface area (Å²) < 4.78 is 55.0. The van der Waals surface area contributed by atoms with Crippen LogP contribution >= 0.6 is 11.6 Å². The molecule has 1 aliphatic rings. The molecule has 0 aromatic carbocycles. The topological polar surface area (TPSA) is 124 Å². The van der Waals surface area contributed by atoms with Crippen molar-refractivity contribution < 1.29 is 21.0 Å². The first-order valence-electron chi connectivity index (χ1n) is 8.20. The third kappa shape index (κ3) is 4.60. The van der Waals surface area contributed by atoms with Gasteiger partial charge in [-0.2, -0.15) is 18.2 Å². The number of nitrogens with zero attached hydrogens (tertiary/aromatic N) is 5. The third-order valence-electron chi connectivity index (χ3n) is 4.07. The van der Waals surface area contributed by atoms with Gasteiger partial charge in [0.25, 0.3) is 0 Å². The molecule has 1 aliphatic heterocycles. The second kappa shape index (κ2) is 7.43. The minimum absolute atomic E-state index is 0.0585. The van der Waals surface area contributed by atoms with Crippen LogP contribution in [0.5, 0.6) is 5.88 Å². The zero-order valence-electron chi connectivity index (χ0n) is 15.9. The summed E-state index contributed by atoms with van der Waals surface area (Å²) in [6.45, 7) is 3.42. The summed E-state index contributed by atoms with van der Waals surface area (Å²) in [5.74, 6) is -0.308. The summed E-state index contributed by atoms with van der Waals surface area (Å²) in [4.78, 5) is 0. The highest BCUT2D eigenvalue weighted by Gasteiger charge is 2.30. The quantitative estimate of drug-likeness (QED) is 0.619. The number of hydrogen-bond acceptors (Lipinski definition) is 8. The molecule has 2 aromatic heterocycles. The first-order chi connectivity index (χ1) is 13.4. The molecular formula is C16H18ClN5O5S2. The van der Waals surface area contributed by atoms with Crippen molar-refractivity contribution in [1.82, 2.24) is 24.3 Å². The van der Waals surface area contributed by atoms with Crippen molar-refractivity contribution in [3.63, 3.8) is 0 Å². The lowest BCUT2D eigenvalue weighted by Gasteiger charge is -2.24. The summed E-state index contributed by atoms with van der Waals surface area (Å²) in [6, 6.07) is 3.01. The largest absolute Gasteiger partial charge is 0.361 e. The van der Waals surface area contributed by atoms with Gasteiger partial charge < -0.3 is 4.18 Å². The molecule has 0 spiro atoms. The van der Waals surface area contributed by atoms with Crippen molar-refractivity contribution in [2.75, 3.05) is 12.5 Å². The Kier molecular flexibility index (Phi) is 5.45. The van der Waals surface area contributed by atoms with Crippen LogP contribution < -0.4 is 4.18 Å². The Morgan fingerprint density at radius 2 is 1.79 bits per heavy atom. The Morgan fingerprint density at radius 1 is 1.10 bits per heavy atom. The van der Waals surface area contributed by atoms with Crippen molar-refractivity contribution >= 4 is 31.7 Å². The van der Waals surface area contributed by atoms with Gasteiger partial charge in [0.2, 0.25) is 15.9 Å². The highest BCUT2D eigenvalue weighted by molar-refractivity contribution is 7.88. The fourth-order valence-corrected chi connectivity index (χ4v) is 4.05. The lowest BCUT2D eigenvalue weighted by atomic mass is 9.91. The number of sulfonamides is 1. The van der Waals surface area contributed by atoms with Crippen LogP contribution in [0.1, 0.15) is 24.1 Å². The molecule has 1 atom stereocenters. The van der Waals surface area contributed by atoms with E-state index in [2.05, 4.69) is 15.3 Å². The molecule has 156 valence electrons. The van der Waals surface area contributed by atoms with Gasteiger partial charge in [0.1, 0.15) is 0 Å². The van der Waals surface area contributed by atoms with Gasteiger partial charge in [0, 0.05) is 23.9 Å². The number of allylic oxidation sites excluding steroid dienone is 2. The summed E-state index contributed by atoms with van der Waals surface area (Å²) in [6.07, 6.45) is 6.50. The predicted molar refractivity (Wildman–Crippen MR) is 107 cm³/mol. The van der Waals surface area contributed by atoms with Crippen LogP contribution in [-0.4, -0.2) is 53.6 Å². The SMILES string of the molecule is CC1=CN(S(C)(=O)=O)C=CC1c1c(C)nn(-c2ccc(Cl)nn2)c1OS(C)(=O)=O. The fraction of sp³-hybridized carbons (Fsp3) is 0.312. The predicted octanol–water partition coefficient (Wildman–Crippen LogP) is 1.74. The minimum atomic E-state index is -3.90. The lowest BCUT2D eigenvalue weighted by Crippen LogP contribution is -2.23. The van der Waals surface area contributed by atoms with Gasteiger partial charge >= 0.3 is 10.1 Å². The molecule has 29 heavy (non-hydrogen) atoms. The van der Waals surface area contributed by atoms with E-state index in [0.717, 1.165) is 16.8 Å². The molecule has 0 fully saturated rings. The van der Waals surface area contributed by atoms with Crippen molar-refractivity contribution in [1.29, 1.82) is 0 Å². The molecular weight excluding hydrogens is 442 g/mol. The molecule has 3 heterocycles. The summed E-state index contributed by atoms with van der Waals surface area (Å²) in [5.41, 5.74) is 1.60. The van der Waals surface area contributed by atoms with Crippen molar-refractivity contribution in [2.24, 2.45) is 0 Å². The van der Waals surface area contributed by atoms with E-state index in [1.54, 1.807) is 19.9 Å². The maximum atomic E-state index is 11.9. The molecule has 13 heteroatoms. The van der Waals surface area contributed by atoms with Crippen LogP contribution in [0, 0.1) is 6.92 Å². The second-order valence-corrected chi connectivity index (χ2v) is 10.4. The maximum absolute atomic E-state index is 11.9. The monoisotopic (exact) mass is 459 g/mol. The third-order valence-corrected chi connectivity index (χ3v) is 5.72. The normalized spacial score (nSPS) is 17.3. The second-order valence-electron chi connectivity index (χ2n) is 6.50. The Labute approximate surface area is 173 Å². The number of rotatable bonds is 5. The molecule has 0 saturated heterocycles. The smallest absolute Gasteiger partial charge is 0.307 e. The van der Waals surface area contributed by atoms with Crippen LogP contribution in [0.3, 0.4) is 0 Å². The Bertz CT molecular complexity index is 1220. The van der Waals surface area contributed by atoms with E-state index < -0.39 is 26.1 Å². The van der Waals surface area contributed by atoms with Crippen LogP contribution in [0.15, 0.2) is 36.2 Å². The Morgan fingerprint density at radius 3 is 2.31 bits per heavy atom. The standard InChI is InChI=1S/C16H18ClN5O5S2/c1-10-9-21(28(3,23)24)8-7-12(10)15-11(2)20-22(16(15)27-29(4,25)26)14-6-5-13(17)18-19-14/h5-9,12H,1-4H3. The maximum Gasteiger partial charge on any atom is 0.307 e. The molecule has 0 saturated carbocycles. The molecule has 1 unspecified atom stereocenters. The van der Waals surface area contributed by atoms with Crippen molar-refractivity contribution in [3.05, 3.63) is 52.6 Å². The number of aromatic nitrogens is 4. The number of hydrogen-bond donors (Lipinski definition) is 0. The van der Waals surface area contributed by atoms with Gasteiger partial charge in [-0.05, 0) is 31.6 Å². The van der Waals surface area contributed by atoms with Crippen LogP contribution in [0.4, 0.5) is 0 Å². The highest BCUT2D eigenvalue weighted by atomic mass is 35.5. The van der Waals surface area contributed by atoms with Gasteiger partial charge in [-0.25, -0.2) is 8.42 Å². The highest BCUT2D eigenvalue weighted by Crippen LogP contribution is 2.39. The molecule has 2 aromatic rings. The van der Waals surface area contributed by atoms with Gasteiger partial charge in [-0.3, -0.25) is 4.31 Å². The van der Waals surface area contributed by atoms with E-state index >= 15 is 0 Å². The molecule has 3 rings (SSSR count). The van der Waals surface area contributed by atoms with Gasteiger partial charge in [0.05, 0.1) is 18.2 Å². The Hall–Kier alpha value is -2.44. The zero-order valence-corrected chi connectivity index (χ0v) is 18.3. The van der Waals surface area contributed by atoms with Gasteiger partial charge in [-0.1, -0.05) is 17.7 Å². The minimum Gasteiger partial charge on any atom is -0.361 e. The number of halogens is 1. The summed E-state index contributed by atoms with van der Waals surface area (Å²) in [5, 5.41) is 12.2. The fourth-order valence-electron chi connectivity index (χ4n) is 2.85. The van der Waals surface area contributed by atoms with Crippen molar-refractivity contribution in [2.45, 2.75) is 19.8 Å².